The average molecular weight is 216 g/mol. The molecular formula is C12H12N2O2. The third-order valence-corrected chi connectivity index (χ3v) is 2.42. The number of aromatic amines is 1. The molecule has 0 atom stereocenters. The van der Waals surface area contributed by atoms with E-state index in [-0.39, 0.29) is 5.56 Å². The highest BCUT2D eigenvalue weighted by atomic mass is 16.2. The summed E-state index contributed by atoms with van der Waals surface area (Å²) in [7, 11) is 0. The Balaban J connectivity index is 2.69. The van der Waals surface area contributed by atoms with Crippen LogP contribution in [-0.2, 0) is 0 Å². The summed E-state index contributed by atoms with van der Waals surface area (Å²) in [5.41, 5.74) is 1.72. The van der Waals surface area contributed by atoms with Crippen LogP contribution in [0, 0.1) is 13.8 Å². The Hall–Kier alpha value is -2.10. The molecule has 82 valence electrons. The van der Waals surface area contributed by atoms with E-state index in [1.54, 1.807) is 6.92 Å². The molecule has 0 saturated heterocycles. The van der Waals surface area contributed by atoms with Crippen LogP contribution in [0.3, 0.4) is 0 Å². The van der Waals surface area contributed by atoms with Crippen molar-refractivity contribution < 1.29 is 0 Å². The zero-order valence-electron chi connectivity index (χ0n) is 9.15. The third kappa shape index (κ3) is 1.82. The van der Waals surface area contributed by atoms with Crippen molar-refractivity contribution in [2.45, 2.75) is 13.8 Å². The summed E-state index contributed by atoms with van der Waals surface area (Å²) < 4.78 is 1.47. The zero-order chi connectivity index (χ0) is 11.7. The Kier molecular flexibility index (Phi) is 2.48. The summed E-state index contributed by atoms with van der Waals surface area (Å²) in [5, 5.41) is 0. The normalized spacial score (nSPS) is 10.4. The standard InChI is InChI=1S/C12H12N2O2/c1-8-3-5-10(6-4-8)14-9(2)7-11(15)13-12(14)16/h3-7H,1-2H3,(H,13,15,16). The second-order valence-electron chi connectivity index (χ2n) is 3.75. The Morgan fingerprint density at radius 2 is 1.69 bits per heavy atom. The van der Waals surface area contributed by atoms with Gasteiger partial charge in [0.05, 0.1) is 5.69 Å². The lowest BCUT2D eigenvalue weighted by molar-refractivity contribution is 0.856. The maximum Gasteiger partial charge on any atom is 0.333 e. The van der Waals surface area contributed by atoms with Crippen molar-refractivity contribution in [1.82, 2.24) is 9.55 Å². The Labute approximate surface area is 92.2 Å². The Morgan fingerprint density at radius 3 is 2.25 bits per heavy atom. The van der Waals surface area contributed by atoms with E-state index in [0.717, 1.165) is 11.3 Å². The summed E-state index contributed by atoms with van der Waals surface area (Å²) >= 11 is 0. The van der Waals surface area contributed by atoms with Gasteiger partial charge < -0.3 is 0 Å². The van der Waals surface area contributed by atoms with Gasteiger partial charge in [0.2, 0.25) is 0 Å². The van der Waals surface area contributed by atoms with Crippen molar-refractivity contribution >= 4 is 0 Å². The smallest absolute Gasteiger partial charge is 0.274 e. The molecule has 4 nitrogen and oxygen atoms in total. The van der Waals surface area contributed by atoms with Crippen LogP contribution in [0.25, 0.3) is 5.69 Å². The van der Waals surface area contributed by atoms with Gasteiger partial charge in [0.25, 0.3) is 5.56 Å². The van der Waals surface area contributed by atoms with Gasteiger partial charge in [0.15, 0.2) is 0 Å². The van der Waals surface area contributed by atoms with Crippen molar-refractivity contribution in [1.29, 1.82) is 0 Å². The number of rotatable bonds is 1. The van der Waals surface area contributed by atoms with Crippen LogP contribution in [0.4, 0.5) is 0 Å². The fraction of sp³-hybridized carbons (Fsp3) is 0.167. The summed E-state index contributed by atoms with van der Waals surface area (Å²) in [5.74, 6) is 0. The lowest BCUT2D eigenvalue weighted by Crippen LogP contribution is -2.29. The number of H-pyrrole nitrogens is 1. The second kappa shape index (κ2) is 3.81. The molecule has 0 aliphatic heterocycles. The average Bonchev–Trinajstić information content (AvgIpc) is 2.19. The van der Waals surface area contributed by atoms with Gasteiger partial charge in [-0.25, -0.2) is 4.79 Å². The van der Waals surface area contributed by atoms with Crippen LogP contribution in [0.1, 0.15) is 11.3 Å². The number of nitrogens with one attached hydrogen (secondary N) is 1. The molecule has 0 spiro atoms. The van der Waals surface area contributed by atoms with Crippen molar-refractivity contribution in [3.05, 3.63) is 62.4 Å². The molecule has 4 heteroatoms. The van der Waals surface area contributed by atoms with E-state index >= 15 is 0 Å². The van der Waals surface area contributed by atoms with E-state index in [1.165, 1.54) is 10.6 Å². The quantitative estimate of drug-likeness (QED) is 0.777. The Morgan fingerprint density at radius 1 is 1.06 bits per heavy atom. The van der Waals surface area contributed by atoms with Crippen LogP contribution in [0.2, 0.25) is 0 Å². The van der Waals surface area contributed by atoms with E-state index in [1.807, 2.05) is 31.2 Å². The fourth-order valence-corrected chi connectivity index (χ4v) is 1.63. The molecule has 2 rings (SSSR count). The number of hydrogen-bond acceptors (Lipinski definition) is 2. The van der Waals surface area contributed by atoms with Gasteiger partial charge in [-0.3, -0.25) is 14.3 Å². The molecule has 0 saturated carbocycles. The lowest BCUT2D eigenvalue weighted by Gasteiger charge is -2.08. The highest BCUT2D eigenvalue weighted by Gasteiger charge is 2.03. The topological polar surface area (TPSA) is 54.9 Å². The molecule has 1 aromatic carbocycles. The van der Waals surface area contributed by atoms with Crippen molar-refractivity contribution in [3.8, 4) is 5.69 Å². The third-order valence-electron chi connectivity index (χ3n) is 2.42. The summed E-state index contributed by atoms with van der Waals surface area (Å²) in [4.78, 5) is 25.0. The van der Waals surface area contributed by atoms with E-state index in [2.05, 4.69) is 4.98 Å². The molecule has 1 aromatic heterocycles. The van der Waals surface area contributed by atoms with Crippen molar-refractivity contribution in [2.24, 2.45) is 0 Å². The molecule has 16 heavy (non-hydrogen) atoms. The number of benzene rings is 1. The molecule has 0 bridgehead atoms. The van der Waals surface area contributed by atoms with E-state index in [9.17, 15) is 9.59 Å². The predicted molar refractivity (Wildman–Crippen MR) is 62.1 cm³/mol. The van der Waals surface area contributed by atoms with Gasteiger partial charge >= 0.3 is 5.69 Å². The first-order chi connectivity index (χ1) is 7.58. The predicted octanol–water partition coefficient (Wildman–Crippen LogP) is 1.14. The van der Waals surface area contributed by atoms with E-state index in [0.29, 0.717) is 5.69 Å². The molecule has 0 unspecified atom stereocenters. The Bertz CT molecular complexity index is 621. The maximum atomic E-state index is 11.7. The SMILES string of the molecule is Cc1ccc(-n2c(C)cc(=O)[nH]c2=O)cc1. The lowest BCUT2D eigenvalue weighted by atomic mass is 10.2. The first-order valence-electron chi connectivity index (χ1n) is 4.98. The van der Waals surface area contributed by atoms with Gasteiger partial charge in [-0.05, 0) is 26.0 Å². The number of aryl methyl sites for hydroxylation is 2. The second-order valence-corrected chi connectivity index (χ2v) is 3.75. The van der Waals surface area contributed by atoms with Gasteiger partial charge in [0, 0.05) is 11.8 Å². The molecule has 1 heterocycles. The maximum absolute atomic E-state index is 11.7. The molecule has 2 aromatic rings. The highest BCUT2D eigenvalue weighted by Crippen LogP contribution is 2.08. The summed E-state index contributed by atoms with van der Waals surface area (Å²) in [6.45, 7) is 3.71. The van der Waals surface area contributed by atoms with Gasteiger partial charge in [-0.15, -0.1) is 0 Å². The fourth-order valence-electron chi connectivity index (χ4n) is 1.63. The number of nitrogens with zero attached hydrogens (tertiary/aromatic N) is 1. The van der Waals surface area contributed by atoms with Crippen LogP contribution >= 0.6 is 0 Å². The van der Waals surface area contributed by atoms with Gasteiger partial charge in [-0.2, -0.15) is 0 Å². The first kappa shape index (κ1) is 10.4. The van der Waals surface area contributed by atoms with Crippen LogP contribution in [0.15, 0.2) is 39.9 Å². The van der Waals surface area contributed by atoms with E-state index in [4.69, 9.17) is 0 Å². The molecule has 0 amide bonds. The minimum absolute atomic E-state index is 0.370. The monoisotopic (exact) mass is 216 g/mol. The van der Waals surface area contributed by atoms with Crippen molar-refractivity contribution in [3.63, 3.8) is 0 Å². The van der Waals surface area contributed by atoms with Crippen LogP contribution in [0.5, 0.6) is 0 Å². The van der Waals surface area contributed by atoms with Gasteiger partial charge in [-0.1, -0.05) is 17.7 Å². The minimum Gasteiger partial charge on any atom is -0.274 e. The molecule has 1 N–H and O–H groups in total. The largest absolute Gasteiger partial charge is 0.333 e. The van der Waals surface area contributed by atoms with Gasteiger partial charge in [0.1, 0.15) is 0 Å². The molecule has 0 aliphatic rings. The summed E-state index contributed by atoms with van der Waals surface area (Å²) in [6.07, 6.45) is 0. The number of aromatic nitrogens is 2. The van der Waals surface area contributed by atoms with E-state index < -0.39 is 5.69 Å². The highest BCUT2D eigenvalue weighted by molar-refractivity contribution is 5.35. The zero-order valence-corrected chi connectivity index (χ0v) is 9.15. The van der Waals surface area contributed by atoms with Crippen molar-refractivity contribution in [2.75, 3.05) is 0 Å². The molecular weight excluding hydrogens is 204 g/mol. The number of hydrogen-bond donors (Lipinski definition) is 1. The molecule has 0 radical (unpaired) electrons. The first-order valence-corrected chi connectivity index (χ1v) is 4.98. The molecule has 0 aliphatic carbocycles. The van der Waals surface area contributed by atoms with Crippen LogP contribution < -0.4 is 11.2 Å². The molecule has 0 fully saturated rings. The van der Waals surface area contributed by atoms with Crippen LogP contribution in [-0.4, -0.2) is 9.55 Å². The minimum atomic E-state index is -0.408. The summed E-state index contributed by atoms with van der Waals surface area (Å²) in [6, 6.07) is 8.95.